The average Bonchev–Trinajstić information content (AvgIpc) is 2.58. The van der Waals surface area contributed by atoms with E-state index in [1.807, 2.05) is 24.3 Å². The Hall–Kier alpha value is -1.71. The van der Waals surface area contributed by atoms with Gasteiger partial charge in [0.2, 0.25) is 0 Å². The monoisotopic (exact) mass is 316 g/mol. The van der Waals surface area contributed by atoms with Crippen LogP contribution >= 0.6 is 11.6 Å². The molecule has 1 aliphatic rings. The van der Waals surface area contributed by atoms with Gasteiger partial charge in [-0.05, 0) is 42.0 Å². The number of ether oxygens (including phenoxy) is 1. The maximum absolute atomic E-state index is 5.93. The molecule has 4 heteroatoms. The molecule has 1 saturated heterocycles. The Labute approximate surface area is 137 Å². The van der Waals surface area contributed by atoms with Crippen LogP contribution in [0.5, 0.6) is 5.75 Å². The number of halogens is 1. The van der Waals surface area contributed by atoms with Gasteiger partial charge < -0.3 is 9.64 Å². The lowest BCUT2D eigenvalue weighted by Gasteiger charge is -2.36. The van der Waals surface area contributed by atoms with Gasteiger partial charge in [0.15, 0.2) is 0 Å². The molecular formula is C18H21ClN2O. The summed E-state index contributed by atoms with van der Waals surface area (Å²) in [5.41, 5.74) is 2.59. The van der Waals surface area contributed by atoms with Crippen LogP contribution in [0.3, 0.4) is 0 Å². The zero-order chi connectivity index (χ0) is 15.4. The van der Waals surface area contributed by atoms with E-state index in [0.29, 0.717) is 0 Å². The molecule has 0 bridgehead atoms. The second kappa shape index (κ2) is 7.03. The molecule has 2 aromatic carbocycles. The third-order valence-electron chi connectivity index (χ3n) is 4.13. The van der Waals surface area contributed by atoms with E-state index in [9.17, 15) is 0 Å². The van der Waals surface area contributed by atoms with E-state index in [-0.39, 0.29) is 0 Å². The fraction of sp³-hybridized carbons (Fsp3) is 0.333. The zero-order valence-corrected chi connectivity index (χ0v) is 13.6. The Morgan fingerprint density at radius 1 is 0.909 bits per heavy atom. The molecule has 1 heterocycles. The molecule has 0 aromatic heterocycles. The van der Waals surface area contributed by atoms with Crippen molar-refractivity contribution in [3.8, 4) is 5.75 Å². The molecule has 0 N–H and O–H groups in total. The quantitative estimate of drug-likeness (QED) is 0.856. The first-order chi connectivity index (χ1) is 10.7. The van der Waals surface area contributed by atoms with Crippen LogP contribution in [0.4, 0.5) is 5.69 Å². The summed E-state index contributed by atoms with van der Waals surface area (Å²) < 4.78 is 5.21. The topological polar surface area (TPSA) is 15.7 Å². The van der Waals surface area contributed by atoms with Crippen molar-refractivity contribution in [3.05, 3.63) is 59.1 Å². The van der Waals surface area contributed by atoms with Crippen molar-refractivity contribution in [1.82, 2.24) is 4.90 Å². The van der Waals surface area contributed by atoms with Gasteiger partial charge >= 0.3 is 0 Å². The van der Waals surface area contributed by atoms with Crippen LogP contribution in [0, 0.1) is 0 Å². The van der Waals surface area contributed by atoms with E-state index in [2.05, 4.69) is 34.1 Å². The van der Waals surface area contributed by atoms with E-state index in [1.165, 1.54) is 11.3 Å². The molecule has 0 spiro atoms. The van der Waals surface area contributed by atoms with Crippen molar-refractivity contribution in [2.45, 2.75) is 6.54 Å². The van der Waals surface area contributed by atoms with Crippen LogP contribution in [0.2, 0.25) is 5.02 Å². The summed E-state index contributed by atoms with van der Waals surface area (Å²) >= 11 is 5.93. The normalized spacial score (nSPS) is 15.8. The Morgan fingerprint density at radius 3 is 2.14 bits per heavy atom. The molecule has 22 heavy (non-hydrogen) atoms. The Morgan fingerprint density at radius 2 is 1.55 bits per heavy atom. The number of benzene rings is 2. The highest BCUT2D eigenvalue weighted by Gasteiger charge is 2.17. The van der Waals surface area contributed by atoms with Crippen LogP contribution in [-0.4, -0.2) is 38.2 Å². The number of anilines is 1. The molecule has 0 unspecified atom stereocenters. The minimum absolute atomic E-state index is 0.799. The molecule has 0 amide bonds. The van der Waals surface area contributed by atoms with Crippen LogP contribution in [0.25, 0.3) is 0 Å². The van der Waals surface area contributed by atoms with Gasteiger partial charge in [0.05, 0.1) is 7.11 Å². The smallest absolute Gasteiger partial charge is 0.119 e. The van der Waals surface area contributed by atoms with Crippen molar-refractivity contribution >= 4 is 17.3 Å². The van der Waals surface area contributed by atoms with Gasteiger partial charge in [-0.15, -0.1) is 0 Å². The summed E-state index contributed by atoms with van der Waals surface area (Å²) in [6, 6.07) is 16.5. The minimum Gasteiger partial charge on any atom is -0.497 e. The predicted octanol–water partition coefficient (Wildman–Crippen LogP) is 3.67. The molecule has 3 rings (SSSR count). The van der Waals surface area contributed by atoms with E-state index >= 15 is 0 Å². The third kappa shape index (κ3) is 3.73. The summed E-state index contributed by atoms with van der Waals surface area (Å²) in [5, 5.41) is 0.799. The highest BCUT2D eigenvalue weighted by molar-refractivity contribution is 6.30. The summed E-state index contributed by atoms with van der Waals surface area (Å²) in [6.07, 6.45) is 0. The summed E-state index contributed by atoms with van der Waals surface area (Å²) in [6.45, 7) is 5.26. The molecule has 3 nitrogen and oxygen atoms in total. The fourth-order valence-corrected chi connectivity index (χ4v) is 2.93. The standard InChI is InChI=1S/C18H21ClN2O/c1-22-18-8-6-17(7-9-18)21-12-10-20(11-13-21)14-15-2-4-16(19)5-3-15/h2-9H,10-14H2,1H3. The number of nitrogens with zero attached hydrogens (tertiary/aromatic N) is 2. The fourth-order valence-electron chi connectivity index (χ4n) is 2.81. The lowest BCUT2D eigenvalue weighted by molar-refractivity contribution is 0.250. The first kappa shape index (κ1) is 15.2. The van der Waals surface area contributed by atoms with Crippen molar-refractivity contribution in [1.29, 1.82) is 0 Å². The summed E-state index contributed by atoms with van der Waals surface area (Å²) in [7, 11) is 1.70. The second-order valence-corrected chi connectivity index (χ2v) is 6.02. The second-order valence-electron chi connectivity index (χ2n) is 5.59. The summed E-state index contributed by atoms with van der Waals surface area (Å²) in [5.74, 6) is 0.908. The van der Waals surface area contributed by atoms with E-state index in [4.69, 9.17) is 16.3 Å². The number of piperazine rings is 1. The van der Waals surface area contributed by atoms with E-state index in [0.717, 1.165) is 43.5 Å². The maximum Gasteiger partial charge on any atom is 0.119 e. The van der Waals surface area contributed by atoms with Crippen LogP contribution in [0.15, 0.2) is 48.5 Å². The molecule has 1 fully saturated rings. The molecule has 0 aliphatic carbocycles. The lowest BCUT2D eigenvalue weighted by Crippen LogP contribution is -2.45. The number of hydrogen-bond acceptors (Lipinski definition) is 3. The van der Waals surface area contributed by atoms with Crippen LogP contribution < -0.4 is 9.64 Å². The predicted molar refractivity (Wildman–Crippen MR) is 91.9 cm³/mol. The molecule has 116 valence electrons. The van der Waals surface area contributed by atoms with Gasteiger partial charge in [0, 0.05) is 43.4 Å². The Balaban J connectivity index is 1.54. The zero-order valence-electron chi connectivity index (χ0n) is 12.8. The highest BCUT2D eigenvalue weighted by Crippen LogP contribution is 2.21. The molecular weight excluding hydrogens is 296 g/mol. The summed E-state index contributed by atoms with van der Waals surface area (Å²) in [4.78, 5) is 4.92. The van der Waals surface area contributed by atoms with Gasteiger partial charge in [-0.2, -0.15) is 0 Å². The van der Waals surface area contributed by atoms with Crippen molar-refractivity contribution < 1.29 is 4.74 Å². The minimum atomic E-state index is 0.799. The lowest BCUT2D eigenvalue weighted by atomic mass is 10.2. The van der Waals surface area contributed by atoms with Gasteiger partial charge in [-0.25, -0.2) is 0 Å². The maximum atomic E-state index is 5.93. The highest BCUT2D eigenvalue weighted by atomic mass is 35.5. The molecule has 0 saturated carbocycles. The SMILES string of the molecule is COc1ccc(N2CCN(Cc3ccc(Cl)cc3)CC2)cc1. The van der Waals surface area contributed by atoms with E-state index < -0.39 is 0 Å². The van der Waals surface area contributed by atoms with Crippen molar-refractivity contribution in [2.75, 3.05) is 38.2 Å². The first-order valence-corrected chi connectivity index (χ1v) is 7.98. The molecule has 0 atom stereocenters. The number of rotatable bonds is 4. The van der Waals surface area contributed by atoms with Crippen LogP contribution in [0.1, 0.15) is 5.56 Å². The number of methoxy groups -OCH3 is 1. The van der Waals surface area contributed by atoms with Gasteiger partial charge in [0.1, 0.15) is 5.75 Å². The van der Waals surface area contributed by atoms with Crippen LogP contribution in [-0.2, 0) is 6.54 Å². The largest absolute Gasteiger partial charge is 0.497 e. The molecule has 1 aliphatic heterocycles. The number of hydrogen-bond donors (Lipinski definition) is 0. The first-order valence-electron chi connectivity index (χ1n) is 7.60. The Bertz CT molecular complexity index is 589. The molecule has 0 radical (unpaired) electrons. The van der Waals surface area contributed by atoms with Gasteiger partial charge in [-0.1, -0.05) is 23.7 Å². The molecule has 2 aromatic rings. The Kier molecular flexibility index (Phi) is 4.86. The van der Waals surface area contributed by atoms with Crippen molar-refractivity contribution in [3.63, 3.8) is 0 Å². The van der Waals surface area contributed by atoms with Gasteiger partial charge in [0.25, 0.3) is 0 Å². The third-order valence-corrected chi connectivity index (χ3v) is 4.38. The van der Waals surface area contributed by atoms with E-state index in [1.54, 1.807) is 7.11 Å². The van der Waals surface area contributed by atoms with Crippen molar-refractivity contribution in [2.24, 2.45) is 0 Å². The van der Waals surface area contributed by atoms with Gasteiger partial charge in [-0.3, -0.25) is 4.90 Å². The average molecular weight is 317 g/mol.